The molecule has 0 saturated carbocycles. The third-order valence-electron chi connectivity index (χ3n) is 2.75. The van der Waals surface area contributed by atoms with Gasteiger partial charge in [-0.1, -0.05) is 12.1 Å². The Hall–Kier alpha value is -2.63. The highest BCUT2D eigenvalue weighted by molar-refractivity contribution is 5.91. The molecule has 0 aliphatic heterocycles. The van der Waals surface area contributed by atoms with Crippen molar-refractivity contribution in [1.29, 1.82) is 0 Å². The SMILES string of the molecule is O=C(NCCCc1cccc(O)c1)c1ccc(=O)[nH]n1. The maximum absolute atomic E-state index is 11.7. The van der Waals surface area contributed by atoms with Crippen molar-refractivity contribution >= 4 is 5.91 Å². The van der Waals surface area contributed by atoms with E-state index in [-0.39, 0.29) is 22.9 Å². The summed E-state index contributed by atoms with van der Waals surface area (Å²) in [4.78, 5) is 22.5. The van der Waals surface area contributed by atoms with Gasteiger partial charge in [-0.05, 0) is 36.6 Å². The van der Waals surface area contributed by atoms with Crippen LogP contribution in [0.2, 0.25) is 0 Å². The van der Waals surface area contributed by atoms with Crippen LogP contribution in [0.5, 0.6) is 5.75 Å². The molecular weight excluding hydrogens is 258 g/mol. The summed E-state index contributed by atoms with van der Waals surface area (Å²) in [5, 5.41) is 17.9. The van der Waals surface area contributed by atoms with Crippen LogP contribution >= 0.6 is 0 Å². The number of benzene rings is 1. The topological polar surface area (TPSA) is 95.1 Å². The zero-order chi connectivity index (χ0) is 14.4. The van der Waals surface area contributed by atoms with Gasteiger partial charge in [-0.25, -0.2) is 5.10 Å². The predicted octanol–water partition coefficient (Wildman–Crippen LogP) is 0.838. The van der Waals surface area contributed by atoms with Crippen molar-refractivity contribution in [3.63, 3.8) is 0 Å². The molecule has 6 nitrogen and oxygen atoms in total. The second-order valence-electron chi connectivity index (χ2n) is 4.34. The highest BCUT2D eigenvalue weighted by Gasteiger charge is 2.06. The van der Waals surface area contributed by atoms with E-state index in [0.29, 0.717) is 6.54 Å². The molecule has 0 saturated heterocycles. The van der Waals surface area contributed by atoms with Gasteiger partial charge in [-0.15, -0.1) is 0 Å². The van der Waals surface area contributed by atoms with E-state index in [4.69, 9.17) is 0 Å². The van der Waals surface area contributed by atoms with Crippen molar-refractivity contribution in [3.8, 4) is 5.75 Å². The molecule has 0 fully saturated rings. The first-order valence-corrected chi connectivity index (χ1v) is 6.27. The summed E-state index contributed by atoms with van der Waals surface area (Å²) in [6, 6.07) is 9.66. The number of aryl methyl sites for hydroxylation is 1. The number of aromatic nitrogens is 2. The van der Waals surface area contributed by atoms with Gasteiger partial charge in [0.05, 0.1) is 0 Å². The predicted molar refractivity (Wildman–Crippen MR) is 73.6 cm³/mol. The summed E-state index contributed by atoms with van der Waals surface area (Å²) in [5.74, 6) is -0.0823. The van der Waals surface area contributed by atoms with Crippen LogP contribution in [0.1, 0.15) is 22.5 Å². The molecule has 0 atom stereocenters. The van der Waals surface area contributed by atoms with Gasteiger partial charge in [0.2, 0.25) is 0 Å². The number of phenols is 1. The molecule has 0 bridgehead atoms. The van der Waals surface area contributed by atoms with E-state index < -0.39 is 0 Å². The van der Waals surface area contributed by atoms with Crippen LogP contribution in [-0.2, 0) is 6.42 Å². The lowest BCUT2D eigenvalue weighted by Gasteiger charge is -2.05. The van der Waals surface area contributed by atoms with Gasteiger partial charge in [-0.2, -0.15) is 5.10 Å². The second-order valence-corrected chi connectivity index (χ2v) is 4.34. The molecule has 0 aliphatic rings. The van der Waals surface area contributed by atoms with E-state index >= 15 is 0 Å². The van der Waals surface area contributed by atoms with E-state index in [1.807, 2.05) is 6.07 Å². The largest absolute Gasteiger partial charge is 0.508 e. The molecule has 1 aromatic heterocycles. The third-order valence-corrected chi connectivity index (χ3v) is 2.75. The number of phenolic OH excluding ortho intramolecular Hbond substituents is 1. The highest BCUT2D eigenvalue weighted by atomic mass is 16.3. The Balaban J connectivity index is 1.77. The molecule has 6 heteroatoms. The number of nitrogens with zero attached hydrogens (tertiary/aromatic N) is 1. The second kappa shape index (κ2) is 6.51. The Morgan fingerprint density at radius 1 is 1.30 bits per heavy atom. The monoisotopic (exact) mass is 273 g/mol. The van der Waals surface area contributed by atoms with Crippen molar-refractivity contribution in [2.45, 2.75) is 12.8 Å². The number of carbonyl (C=O) groups is 1. The maximum atomic E-state index is 11.7. The number of H-pyrrole nitrogens is 1. The lowest BCUT2D eigenvalue weighted by Crippen LogP contribution is -2.26. The molecule has 2 rings (SSSR count). The van der Waals surface area contributed by atoms with Crippen molar-refractivity contribution in [2.75, 3.05) is 6.54 Å². The average molecular weight is 273 g/mol. The fourth-order valence-corrected chi connectivity index (χ4v) is 1.77. The fourth-order valence-electron chi connectivity index (χ4n) is 1.77. The summed E-state index contributed by atoms with van der Waals surface area (Å²) in [6.45, 7) is 0.495. The normalized spacial score (nSPS) is 10.2. The van der Waals surface area contributed by atoms with Crippen molar-refractivity contribution in [1.82, 2.24) is 15.5 Å². The minimum Gasteiger partial charge on any atom is -0.508 e. The quantitative estimate of drug-likeness (QED) is 0.703. The standard InChI is InChI=1S/C14H15N3O3/c18-11-5-1-3-10(9-11)4-2-8-15-14(20)12-6-7-13(19)17-16-12/h1,3,5-7,9,18H,2,4,8H2,(H,15,20)(H,17,19). The Morgan fingerprint density at radius 3 is 2.85 bits per heavy atom. The van der Waals surface area contributed by atoms with Crippen LogP contribution in [0.3, 0.4) is 0 Å². The first-order valence-electron chi connectivity index (χ1n) is 6.27. The number of aromatic hydroxyl groups is 1. The first kappa shape index (κ1) is 13.8. The van der Waals surface area contributed by atoms with Crippen LogP contribution in [-0.4, -0.2) is 27.8 Å². The van der Waals surface area contributed by atoms with Crippen molar-refractivity contribution in [2.24, 2.45) is 0 Å². The Morgan fingerprint density at radius 2 is 2.15 bits per heavy atom. The van der Waals surface area contributed by atoms with Gasteiger partial charge in [0.15, 0.2) is 0 Å². The van der Waals surface area contributed by atoms with Gasteiger partial charge in [0.25, 0.3) is 11.5 Å². The molecule has 0 aliphatic carbocycles. The molecule has 0 radical (unpaired) electrons. The molecule has 1 amide bonds. The van der Waals surface area contributed by atoms with Crippen LogP contribution in [0.4, 0.5) is 0 Å². The molecule has 1 heterocycles. The number of carbonyl (C=O) groups excluding carboxylic acids is 1. The number of hydrogen-bond donors (Lipinski definition) is 3. The van der Waals surface area contributed by atoms with E-state index in [1.54, 1.807) is 18.2 Å². The van der Waals surface area contributed by atoms with Crippen molar-refractivity contribution in [3.05, 3.63) is 58.0 Å². The maximum Gasteiger partial charge on any atom is 0.271 e. The minimum atomic E-state index is -0.342. The van der Waals surface area contributed by atoms with Crippen LogP contribution in [0.25, 0.3) is 0 Å². The number of rotatable bonds is 5. The van der Waals surface area contributed by atoms with Gasteiger partial charge < -0.3 is 10.4 Å². The number of nitrogens with one attached hydrogen (secondary N) is 2. The number of hydrogen-bond acceptors (Lipinski definition) is 4. The summed E-state index contributed by atoms with van der Waals surface area (Å²) < 4.78 is 0. The van der Waals surface area contributed by atoms with E-state index in [0.717, 1.165) is 18.4 Å². The van der Waals surface area contributed by atoms with E-state index in [2.05, 4.69) is 15.5 Å². The molecule has 0 unspecified atom stereocenters. The summed E-state index contributed by atoms with van der Waals surface area (Å²) in [5.41, 5.74) is 0.855. The van der Waals surface area contributed by atoms with Gasteiger partial charge in [0.1, 0.15) is 11.4 Å². The van der Waals surface area contributed by atoms with Crippen LogP contribution < -0.4 is 10.9 Å². The summed E-state index contributed by atoms with van der Waals surface area (Å²) >= 11 is 0. The Labute approximate surface area is 115 Å². The number of amides is 1. The zero-order valence-corrected chi connectivity index (χ0v) is 10.8. The molecule has 1 aromatic carbocycles. The zero-order valence-electron chi connectivity index (χ0n) is 10.8. The third kappa shape index (κ3) is 3.94. The van der Waals surface area contributed by atoms with Crippen LogP contribution in [0, 0.1) is 0 Å². The Bertz CT molecular complexity index is 632. The molecule has 104 valence electrons. The van der Waals surface area contributed by atoms with Crippen LogP contribution in [0.15, 0.2) is 41.2 Å². The molecule has 2 aromatic rings. The fraction of sp³-hybridized carbons (Fsp3) is 0.214. The minimum absolute atomic E-state index is 0.182. The molecular formula is C14H15N3O3. The Kier molecular flexibility index (Phi) is 4.49. The molecule has 3 N–H and O–H groups in total. The average Bonchev–Trinajstić information content (AvgIpc) is 2.44. The number of aromatic amines is 1. The van der Waals surface area contributed by atoms with Crippen molar-refractivity contribution < 1.29 is 9.90 Å². The highest BCUT2D eigenvalue weighted by Crippen LogP contribution is 2.12. The van der Waals surface area contributed by atoms with E-state index in [1.165, 1.54) is 12.1 Å². The lowest BCUT2D eigenvalue weighted by molar-refractivity contribution is 0.0947. The van der Waals surface area contributed by atoms with Gasteiger partial charge in [-0.3, -0.25) is 9.59 Å². The smallest absolute Gasteiger partial charge is 0.271 e. The lowest BCUT2D eigenvalue weighted by atomic mass is 10.1. The van der Waals surface area contributed by atoms with E-state index in [9.17, 15) is 14.7 Å². The van der Waals surface area contributed by atoms with Gasteiger partial charge >= 0.3 is 0 Å². The molecule has 20 heavy (non-hydrogen) atoms. The summed E-state index contributed by atoms with van der Waals surface area (Å²) in [7, 11) is 0. The van der Waals surface area contributed by atoms with Gasteiger partial charge in [0, 0.05) is 12.6 Å². The summed E-state index contributed by atoms with van der Waals surface area (Å²) in [6.07, 6.45) is 1.51. The molecule has 0 spiro atoms. The first-order chi connectivity index (χ1) is 9.65.